The number of thiophene rings is 1. The molecule has 3 N–H and O–H groups in total. The van der Waals surface area contributed by atoms with Crippen molar-refractivity contribution in [3.63, 3.8) is 0 Å². The van der Waals surface area contributed by atoms with Gasteiger partial charge in [0, 0.05) is 4.88 Å². The number of aliphatic carboxylic acids is 2. The number of anilines is 1. The van der Waals surface area contributed by atoms with Crippen LogP contribution in [0.5, 0.6) is 0 Å². The number of rotatable bonds is 3. The van der Waals surface area contributed by atoms with Crippen molar-refractivity contribution in [2.75, 3.05) is 5.32 Å². The van der Waals surface area contributed by atoms with Crippen molar-refractivity contribution in [1.29, 1.82) is 0 Å². The Balaban J connectivity index is 0.000000326. The molecule has 0 radical (unpaired) electrons. The maximum atomic E-state index is 9.10. The Kier molecular flexibility index (Phi) is 5.71. The molecule has 3 aromatic rings. The van der Waals surface area contributed by atoms with Gasteiger partial charge in [-0.2, -0.15) is 0 Å². The fourth-order valence-corrected chi connectivity index (χ4v) is 3.14. The molecular formula is C16H17N3O5S. The Morgan fingerprint density at radius 3 is 2.44 bits per heavy atom. The highest BCUT2D eigenvalue weighted by molar-refractivity contribution is 7.18. The second-order valence-corrected chi connectivity index (χ2v) is 6.33. The molecule has 0 saturated carbocycles. The Morgan fingerprint density at radius 2 is 1.88 bits per heavy atom. The normalized spacial score (nSPS) is 10.2. The average molecular weight is 363 g/mol. The number of carboxylic acids is 2. The van der Waals surface area contributed by atoms with Crippen LogP contribution in [0.4, 0.5) is 5.82 Å². The number of nitrogens with one attached hydrogen (secondary N) is 1. The van der Waals surface area contributed by atoms with Crippen LogP contribution in [0.25, 0.3) is 10.2 Å². The number of carbonyl (C=O) groups is 2. The highest BCUT2D eigenvalue weighted by atomic mass is 32.1. The van der Waals surface area contributed by atoms with Gasteiger partial charge in [0.25, 0.3) is 0 Å². The first kappa shape index (κ1) is 18.4. The lowest BCUT2D eigenvalue weighted by Gasteiger charge is -2.07. The molecule has 0 aromatic carbocycles. The van der Waals surface area contributed by atoms with Crippen LogP contribution in [0.3, 0.4) is 0 Å². The maximum absolute atomic E-state index is 9.10. The van der Waals surface area contributed by atoms with E-state index in [1.807, 2.05) is 19.1 Å². The number of furan rings is 1. The molecule has 0 atom stereocenters. The van der Waals surface area contributed by atoms with Crippen molar-refractivity contribution in [3.05, 3.63) is 40.4 Å². The van der Waals surface area contributed by atoms with E-state index >= 15 is 0 Å². The van der Waals surface area contributed by atoms with Crippen molar-refractivity contribution < 1.29 is 24.2 Å². The molecule has 8 nitrogen and oxygen atoms in total. The van der Waals surface area contributed by atoms with Crippen molar-refractivity contribution in [1.82, 2.24) is 9.97 Å². The van der Waals surface area contributed by atoms with Gasteiger partial charge < -0.3 is 19.9 Å². The summed E-state index contributed by atoms with van der Waals surface area (Å²) in [5.74, 6) is -1.07. The lowest BCUT2D eigenvalue weighted by Crippen LogP contribution is -2.09. The Bertz CT molecular complexity index is 890. The number of hydrogen-bond acceptors (Lipinski definition) is 7. The van der Waals surface area contributed by atoms with Gasteiger partial charge in [0.15, 0.2) is 0 Å². The van der Waals surface area contributed by atoms with E-state index in [9.17, 15) is 0 Å². The smallest absolute Gasteiger partial charge is 0.414 e. The van der Waals surface area contributed by atoms with Crippen LogP contribution in [0.2, 0.25) is 0 Å². The molecule has 0 unspecified atom stereocenters. The number of hydrogen-bond donors (Lipinski definition) is 3. The first-order valence-corrected chi connectivity index (χ1v) is 8.08. The van der Waals surface area contributed by atoms with Crippen LogP contribution in [-0.4, -0.2) is 32.1 Å². The minimum Gasteiger partial charge on any atom is -0.473 e. The van der Waals surface area contributed by atoms with Crippen molar-refractivity contribution in [2.45, 2.75) is 27.3 Å². The zero-order valence-electron chi connectivity index (χ0n) is 13.9. The number of carboxylic acid groups (broad SMARTS) is 2. The predicted molar refractivity (Wildman–Crippen MR) is 92.9 cm³/mol. The summed E-state index contributed by atoms with van der Waals surface area (Å²) in [5, 5.41) is 19.3. The molecule has 3 rings (SSSR count). The Labute approximate surface area is 147 Å². The van der Waals surface area contributed by atoms with Crippen LogP contribution in [0.1, 0.15) is 22.0 Å². The largest absolute Gasteiger partial charge is 0.473 e. The minimum absolute atomic E-state index is 0.632. The molecule has 3 aromatic heterocycles. The summed E-state index contributed by atoms with van der Waals surface area (Å²) < 4.78 is 5.33. The second kappa shape index (κ2) is 7.75. The van der Waals surface area contributed by atoms with E-state index < -0.39 is 11.9 Å². The van der Waals surface area contributed by atoms with E-state index in [0.717, 1.165) is 27.6 Å². The van der Waals surface area contributed by atoms with Crippen LogP contribution in [0, 0.1) is 20.8 Å². The summed E-state index contributed by atoms with van der Waals surface area (Å²) in [4.78, 5) is 29.6. The molecule has 9 heteroatoms. The number of aryl methyl sites for hydroxylation is 3. The molecule has 0 spiro atoms. The van der Waals surface area contributed by atoms with Gasteiger partial charge in [0.2, 0.25) is 0 Å². The minimum atomic E-state index is -1.82. The fourth-order valence-electron chi connectivity index (χ4n) is 2.07. The lowest BCUT2D eigenvalue weighted by molar-refractivity contribution is -0.159. The van der Waals surface area contributed by atoms with Crippen molar-refractivity contribution in [3.8, 4) is 0 Å². The quantitative estimate of drug-likeness (QED) is 0.606. The van der Waals surface area contributed by atoms with E-state index in [2.05, 4.69) is 29.1 Å². The molecule has 132 valence electrons. The van der Waals surface area contributed by atoms with Gasteiger partial charge in [-0.3, -0.25) is 0 Å². The Hall–Kier alpha value is -2.94. The lowest BCUT2D eigenvalue weighted by atomic mass is 10.2. The van der Waals surface area contributed by atoms with E-state index in [-0.39, 0.29) is 0 Å². The van der Waals surface area contributed by atoms with Gasteiger partial charge in [0.05, 0.1) is 18.2 Å². The van der Waals surface area contributed by atoms with Gasteiger partial charge in [-0.15, -0.1) is 11.3 Å². The molecule has 0 saturated heterocycles. The average Bonchev–Trinajstić information content (AvgIpc) is 3.14. The van der Waals surface area contributed by atoms with Gasteiger partial charge in [-0.25, -0.2) is 19.6 Å². The van der Waals surface area contributed by atoms with Gasteiger partial charge in [0.1, 0.15) is 22.2 Å². The first-order chi connectivity index (χ1) is 11.8. The first-order valence-electron chi connectivity index (χ1n) is 7.26. The number of aromatic nitrogens is 2. The second-order valence-electron chi connectivity index (χ2n) is 5.13. The van der Waals surface area contributed by atoms with E-state index in [1.54, 1.807) is 17.6 Å². The third-order valence-electron chi connectivity index (χ3n) is 3.33. The molecule has 0 fully saturated rings. The number of fused-ring (bicyclic) bond motifs is 1. The SMILES string of the molecule is Cc1nc(NCc2ccco2)c2c(C)c(C)sc2n1.O=C(O)C(=O)O. The molecule has 0 aliphatic heterocycles. The number of nitrogens with zero attached hydrogens (tertiary/aromatic N) is 2. The molecular weight excluding hydrogens is 346 g/mol. The summed E-state index contributed by atoms with van der Waals surface area (Å²) in [6.07, 6.45) is 1.68. The predicted octanol–water partition coefficient (Wildman–Crippen LogP) is 2.98. The summed E-state index contributed by atoms with van der Waals surface area (Å²) in [5.41, 5.74) is 1.25. The monoisotopic (exact) mass is 363 g/mol. The summed E-state index contributed by atoms with van der Waals surface area (Å²) >= 11 is 1.72. The molecule has 0 amide bonds. The highest BCUT2D eigenvalue weighted by Crippen LogP contribution is 2.33. The van der Waals surface area contributed by atoms with Gasteiger partial charge in [-0.1, -0.05) is 0 Å². The van der Waals surface area contributed by atoms with E-state index in [4.69, 9.17) is 24.2 Å². The fraction of sp³-hybridized carbons (Fsp3) is 0.250. The molecule has 0 bridgehead atoms. The highest BCUT2D eigenvalue weighted by Gasteiger charge is 2.13. The standard InChI is InChI=1S/C14H15N3OS.C2H2O4/c1-8-9(2)19-14-12(8)13(16-10(3)17-14)15-7-11-5-4-6-18-11;3-1(4)2(5)6/h4-6H,7H2,1-3H3,(H,15,16,17);(H,3,4)(H,5,6). The van der Waals surface area contributed by atoms with Crippen LogP contribution >= 0.6 is 11.3 Å². The van der Waals surface area contributed by atoms with E-state index in [1.165, 1.54) is 10.4 Å². The zero-order chi connectivity index (χ0) is 18.6. The molecule has 0 aliphatic carbocycles. The molecule has 3 heterocycles. The van der Waals surface area contributed by atoms with Crippen LogP contribution < -0.4 is 5.32 Å². The van der Waals surface area contributed by atoms with Gasteiger partial charge in [-0.05, 0) is 38.5 Å². The molecule has 0 aliphatic rings. The molecule has 25 heavy (non-hydrogen) atoms. The maximum Gasteiger partial charge on any atom is 0.414 e. The van der Waals surface area contributed by atoms with Crippen molar-refractivity contribution in [2.24, 2.45) is 0 Å². The zero-order valence-corrected chi connectivity index (χ0v) is 14.7. The Morgan fingerprint density at radius 1 is 1.20 bits per heavy atom. The third-order valence-corrected chi connectivity index (χ3v) is 4.43. The van der Waals surface area contributed by atoms with Crippen LogP contribution in [-0.2, 0) is 16.1 Å². The topological polar surface area (TPSA) is 126 Å². The van der Waals surface area contributed by atoms with E-state index in [0.29, 0.717) is 6.54 Å². The van der Waals surface area contributed by atoms with Crippen LogP contribution in [0.15, 0.2) is 22.8 Å². The van der Waals surface area contributed by atoms with Gasteiger partial charge >= 0.3 is 11.9 Å². The summed E-state index contributed by atoms with van der Waals surface area (Å²) in [6.45, 7) is 6.78. The summed E-state index contributed by atoms with van der Waals surface area (Å²) in [6, 6.07) is 3.84. The summed E-state index contributed by atoms with van der Waals surface area (Å²) in [7, 11) is 0. The van der Waals surface area contributed by atoms with Crippen molar-refractivity contribution >= 4 is 39.3 Å². The third kappa shape index (κ3) is 4.54.